The van der Waals surface area contributed by atoms with Crippen LogP contribution in [0.15, 0.2) is 24.3 Å². The Morgan fingerprint density at radius 1 is 1.19 bits per heavy atom. The van der Waals surface area contributed by atoms with Gasteiger partial charge in [-0.15, -0.1) is 0 Å². The molecule has 0 spiro atoms. The van der Waals surface area contributed by atoms with Gasteiger partial charge in [0.05, 0.1) is 6.54 Å². The van der Waals surface area contributed by atoms with Gasteiger partial charge in [0.2, 0.25) is 5.91 Å². The monoisotopic (exact) mass is 360 g/mol. The molecular formula is C18H24N4O4. The van der Waals surface area contributed by atoms with Crippen molar-refractivity contribution in [1.29, 1.82) is 0 Å². The molecule has 1 aromatic carbocycles. The lowest BCUT2D eigenvalue weighted by atomic mass is 10.2. The van der Waals surface area contributed by atoms with E-state index in [2.05, 4.69) is 10.6 Å². The minimum Gasteiger partial charge on any atom is -0.448 e. The topological polar surface area (TPSA) is 91.0 Å². The highest BCUT2D eigenvalue weighted by Gasteiger charge is 2.23. The van der Waals surface area contributed by atoms with Gasteiger partial charge in [0.25, 0.3) is 0 Å². The van der Waals surface area contributed by atoms with Crippen LogP contribution in [0.25, 0.3) is 0 Å². The summed E-state index contributed by atoms with van der Waals surface area (Å²) in [5.41, 5.74) is 1.63. The van der Waals surface area contributed by atoms with E-state index in [1.54, 1.807) is 21.9 Å². The summed E-state index contributed by atoms with van der Waals surface area (Å²) >= 11 is 0. The predicted molar refractivity (Wildman–Crippen MR) is 95.6 cm³/mol. The molecule has 2 aliphatic heterocycles. The minimum atomic E-state index is -0.306. The summed E-state index contributed by atoms with van der Waals surface area (Å²) in [4.78, 5) is 38.6. The maximum atomic E-state index is 12.1. The molecule has 140 valence electrons. The molecule has 3 rings (SSSR count). The molecule has 0 bridgehead atoms. The van der Waals surface area contributed by atoms with E-state index in [9.17, 15) is 14.4 Å². The number of rotatable bonds is 6. The molecule has 2 saturated heterocycles. The zero-order valence-corrected chi connectivity index (χ0v) is 14.9. The molecule has 2 aliphatic rings. The normalized spacial score (nSPS) is 18.0. The van der Waals surface area contributed by atoms with Crippen molar-refractivity contribution >= 4 is 23.7 Å². The van der Waals surface area contributed by atoms with E-state index in [1.807, 2.05) is 19.1 Å². The molecule has 2 fully saturated rings. The van der Waals surface area contributed by atoms with Crippen LogP contribution in [0, 0.1) is 0 Å². The largest absolute Gasteiger partial charge is 0.448 e. The molecule has 4 amide bonds. The zero-order chi connectivity index (χ0) is 18.5. The second kappa shape index (κ2) is 8.07. The average molecular weight is 360 g/mol. The first-order valence-electron chi connectivity index (χ1n) is 8.87. The molecule has 2 heterocycles. The Hall–Kier alpha value is -2.77. The highest BCUT2D eigenvalue weighted by Crippen LogP contribution is 2.14. The van der Waals surface area contributed by atoms with Crippen molar-refractivity contribution in [2.24, 2.45) is 0 Å². The maximum Gasteiger partial charge on any atom is 0.410 e. The van der Waals surface area contributed by atoms with E-state index in [-0.39, 0.29) is 24.1 Å². The lowest BCUT2D eigenvalue weighted by Crippen LogP contribution is -2.44. The highest BCUT2D eigenvalue weighted by atomic mass is 16.6. The molecule has 1 atom stereocenters. The van der Waals surface area contributed by atoms with Crippen LogP contribution in [0.3, 0.4) is 0 Å². The third kappa shape index (κ3) is 4.65. The summed E-state index contributed by atoms with van der Waals surface area (Å²) in [6.45, 7) is 4.68. The lowest BCUT2D eigenvalue weighted by molar-refractivity contribution is -0.127. The van der Waals surface area contributed by atoms with Crippen molar-refractivity contribution < 1.29 is 19.1 Å². The number of ether oxygens (including phenoxy) is 1. The Morgan fingerprint density at radius 2 is 1.96 bits per heavy atom. The number of urea groups is 1. The molecule has 0 radical (unpaired) electrons. The van der Waals surface area contributed by atoms with Gasteiger partial charge in [-0.3, -0.25) is 4.79 Å². The smallest absolute Gasteiger partial charge is 0.410 e. The van der Waals surface area contributed by atoms with E-state index in [1.165, 1.54) is 0 Å². The molecule has 0 aromatic heterocycles. The van der Waals surface area contributed by atoms with E-state index >= 15 is 0 Å². The quantitative estimate of drug-likeness (QED) is 0.809. The summed E-state index contributed by atoms with van der Waals surface area (Å²) in [6.07, 6.45) is 1.19. The Bertz CT molecular complexity index is 676. The molecule has 8 heteroatoms. The Labute approximate surface area is 152 Å². The van der Waals surface area contributed by atoms with E-state index in [4.69, 9.17) is 4.74 Å². The number of anilines is 1. The van der Waals surface area contributed by atoms with Gasteiger partial charge in [-0.1, -0.05) is 12.1 Å². The number of likely N-dealkylation sites (tertiary alicyclic amines) is 1. The van der Waals surface area contributed by atoms with E-state index < -0.39 is 0 Å². The molecule has 26 heavy (non-hydrogen) atoms. The molecular weight excluding hydrogens is 336 g/mol. The Morgan fingerprint density at radius 3 is 2.58 bits per heavy atom. The number of cyclic esters (lactones) is 1. The second-order valence-electron chi connectivity index (χ2n) is 6.68. The van der Waals surface area contributed by atoms with Crippen molar-refractivity contribution in [1.82, 2.24) is 15.1 Å². The van der Waals surface area contributed by atoms with Crippen molar-refractivity contribution in [2.75, 3.05) is 31.6 Å². The van der Waals surface area contributed by atoms with Gasteiger partial charge in [0.1, 0.15) is 6.61 Å². The van der Waals surface area contributed by atoms with Gasteiger partial charge < -0.3 is 25.2 Å². The number of carbonyl (C=O) groups excluding carboxylic acids is 3. The van der Waals surface area contributed by atoms with Crippen LogP contribution >= 0.6 is 0 Å². The van der Waals surface area contributed by atoms with Crippen molar-refractivity contribution in [3.63, 3.8) is 0 Å². The fraction of sp³-hybridized carbons (Fsp3) is 0.500. The van der Waals surface area contributed by atoms with Crippen molar-refractivity contribution in [3.8, 4) is 0 Å². The second-order valence-corrected chi connectivity index (χ2v) is 6.68. The summed E-state index contributed by atoms with van der Waals surface area (Å²) in [5, 5.41) is 5.62. The van der Waals surface area contributed by atoms with Gasteiger partial charge in [-0.25, -0.2) is 9.59 Å². The van der Waals surface area contributed by atoms with Gasteiger partial charge in [0, 0.05) is 37.8 Å². The third-order valence-electron chi connectivity index (χ3n) is 4.47. The summed E-state index contributed by atoms with van der Waals surface area (Å²) in [6, 6.07) is 6.90. The number of nitrogens with zero attached hydrogens (tertiary/aromatic N) is 2. The van der Waals surface area contributed by atoms with Crippen LogP contribution in [0.1, 0.15) is 25.3 Å². The number of amides is 4. The molecule has 1 unspecified atom stereocenters. The summed E-state index contributed by atoms with van der Waals surface area (Å²) in [5.74, 6) is 0.150. The average Bonchev–Trinajstić information content (AvgIpc) is 3.18. The molecule has 1 aromatic rings. The standard InChI is InChI=1S/C18H24N4O4/c1-13(11-21-8-2-3-16(21)23)19-17(24)20-15-6-4-14(5-7-15)12-22-9-10-26-18(22)25/h4-7,13H,2-3,8-12H2,1H3,(H2,19,20,24). The van der Waals surface area contributed by atoms with Crippen molar-refractivity contribution in [3.05, 3.63) is 29.8 Å². The van der Waals surface area contributed by atoms with Crippen LogP contribution in [-0.4, -0.2) is 60.1 Å². The number of hydrogen-bond donors (Lipinski definition) is 2. The summed E-state index contributed by atoms with van der Waals surface area (Å²) in [7, 11) is 0. The molecule has 2 N–H and O–H groups in total. The lowest BCUT2D eigenvalue weighted by Gasteiger charge is -2.21. The number of benzene rings is 1. The fourth-order valence-electron chi connectivity index (χ4n) is 3.15. The number of carbonyl (C=O) groups is 3. The van der Waals surface area contributed by atoms with Gasteiger partial charge in [-0.2, -0.15) is 0 Å². The zero-order valence-electron chi connectivity index (χ0n) is 14.9. The first-order valence-corrected chi connectivity index (χ1v) is 8.87. The summed E-state index contributed by atoms with van der Waals surface area (Å²) < 4.78 is 4.90. The number of nitrogens with one attached hydrogen (secondary N) is 2. The SMILES string of the molecule is CC(CN1CCCC1=O)NC(=O)Nc1ccc(CN2CCOC2=O)cc1. The van der Waals surface area contributed by atoms with Crippen LogP contribution < -0.4 is 10.6 Å². The van der Waals surface area contributed by atoms with Crippen LogP contribution in [0.2, 0.25) is 0 Å². The van der Waals surface area contributed by atoms with Crippen molar-refractivity contribution in [2.45, 2.75) is 32.4 Å². The van der Waals surface area contributed by atoms with E-state index in [0.29, 0.717) is 38.3 Å². The third-order valence-corrected chi connectivity index (χ3v) is 4.47. The van der Waals surface area contributed by atoms with Crippen LogP contribution in [-0.2, 0) is 16.1 Å². The fourth-order valence-corrected chi connectivity index (χ4v) is 3.15. The predicted octanol–water partition coefficient (Wildman–Crippen LogP) is 1.77. The van der Waals surface area contributed by atoms with Gasteiger partial charge >= 0.3 is 12.1 Å². The van der Waals surface area contributed by atoms with Crippen LogP contribution in [0.5, 0.6) is 0 Å². The van der Waals surface area contributed by atoms with Crippen LogP contribution in [0.4, 0.5) is 15.3 Å². The Balaban J connectivity index is 1.45. The maximum absolute atomic E-state index is 12.1. The highest BCUT2D eigenvalue weighted by molar-refractivity contribution is 5.89. The van der Waals surface area contributed by atoms with Gasteiger partial charge in [-0.05, 0) is 31.0 Å². The number of hydrogen-bond acceptors (Lipinski definition) is 4. The molecule has 0 saturated carbocycles. The molecule has 8 nitrogen and oxygen atoms in total. The van der Waals surface area contributed by atoms with Gasteiger partial charge in [0.15, 0.2) is 0 Å². The first-order chi connectivity index (χ1) is 12.5. The minimum absolute atomic E-state index is 0.127. The van der Waals surface area contributed by atoms with E-state index in [0.717, 1.165) is 18.5 Å². The first kappa shape index (κ1) is 18.0. The molecule has 0 aliphatic carbocycles. The Kier molecular flexibility index (Phi) is 5.60.